The topological polar surface area (TPSA) is 127 Å². The summed E-state index contributed by atoms with van der Waals surface area (Å²) in [7, 11) is 1.20. The fourth-order valence-corrected chi connectivity index (χ4v) is 3.33. The lowest BCUT2D eigenvalue weighted by Crippen LogP contribution is -2.53. The van der Waals surface area contributed by atoms with Crippen LogP contribution in [0.2, 0.25) is 0 Å². The minimum absolute atomic E-state index is 0.0702. The Morgan fingerprint density at radius 1 is 1.35 bits per heavy atom. The number of alkyl halides is 2. The van der Waals surface area contributed by atoms with Gasteiger partial charge in [0.1, 0.15) is 23.7 Å². The summed E-state index contributed by atoms with van der Waals surface area (Å²) in [5, 5.41) is 14.6. The third-order valence-corrected chi connectivity index (χ3v) is 5.12. The Kier molecular flexibility index (Phi) is 7.81. The summed E-state index contributed by atoms with van der Waals surface area (Å²) in [5.74, 6) is 3.23. The van der Waals surface area contributed by atoms with Crippen molar-refractivity contribution in [2.75, 3.05) is 19.4 Å². The van der Waals surface area contributed by atoms with E-state index in [1.807, 2.05) is 0 Å². The number of hydrazone groups is 1. The van der Waals surface area contributed by atoms with E-state index in [0.29, 0.717) is 22.0 Å². The Balaban J connectivity index is 2.47. The zero-order valence-corrected chi connectivity index (χ0v) is 17.0. The van der Waals surface area contributed by atoms with Gasteiger partial charge in [-0.3, -0.25) is 14.8 Å². The number of methoxy groups -OCH3 is 1. The van der Waals surface area contributed by atoms with E-state index in [1.54, 1.807) is 0 Å². The van der Waals surface area contributed by atoms with Crippen LogP contribution in [0, 0.1) is 11.6 Å². The summed E-state index contributed by atoms with van der Waals surface area (Å²) in [6, 6.07) is 3.91. The summed E-state index contributed by atoms with van der Waals surface area (Å²) >= 11 is 0.992. The number of pyridine rings is 1. The van der Waals surface area contributed by atoms with Gasteiger partial charge in [-0.2, -0.15) is 13.9 Å². The van der Waals surface area contributed by atoms with E-state index in [9.17, 15) is 18.7 Å². The zero-order chi connectivity index (χ0) is 23.2. The Bertz CT molecular complexity index is 948. The van der Waals surface area contributed by atoms with Crippen LogP contribution < -0.4 is 11.7 Å². The Labute approximate surface area is 178 Å². The van der Waals surface area contributed by atoms with Crippen LogP contribution in [-0.2, 0) is 21.1 Å². The number of aliphatic hydroxyl groups is 1. The van der Waals surface area contributed by atoms with E-state index in [0.717, 1.165) is 36.4 Å². The van der Waals surface area contributed by atoms with Crippen molar-refractivity contribution in [2.24, 2.45) is 16.8 Å². The third kappa shape index (κ3) is 5.42. The van der Waals surface area contributed by atoms with Crippen molar-refractivity contribution < 1.29 is 32.2 Å². The van der Waals surface area contributed by atoms with Crippen molar-refractivity contribution in [2.45, 2.75) is 16.4 Å². The number of nitrogens with two attached hydrogens (primary N) is 2. The van der Waals surface area contributed by atoms with E-state index in [-0.39, 0.29) is 5.75 Å². The standard InChI is InChI=1S/C18H19F4N5O3S/c1-30-16(28)8-31-12-3-5-15(25-7-12)18(21,22)17(29,9-27(24)10-26-23)13-4-2-11(19)6-14(13)20/h2-7,10,29H,8-9,23-24H2,1H3/b26-10-. The van der Waals surface area contributed by atoms with Crippen molar-refractivity contribution >= 4 is 24.1 Å². The van der Waals surface area contributed by atoms with Crippen LogP contribution in [0.5, 0.6) is 0 Å². The molecule has 0 radical (unpaired) electrons. The smallest absolute Gasteiger partial charge is 0.323 e. The number of hydrazine groups is 1. The fourth-order valence-electron chi connectivity index (χ4n) is 2.63. The molecule has 0 fully saturated rings. The molecule has 8 nitrogen and oxygen atoms in total. The number of benzene rings is 1. The average molecular weight is 461 g/mol. The molecule has 1 aromatic carbocycles. The molecule has 0 aliphatic rings. The minimum atomic E-state index is -4.20. The SMILES string of the molecule is COC(=O)CSc1ccc(C(F)(F)C(O)(CN(N)/C=N\N)c2ccc(F)cc2F)nc1. The molecule has 13 heteroatoms. The van der Waals surface area contributed by atoms with Crippen LogP contribution in [-0.4, -0.2) is 46.8 Å². The number of rotatable bonds is 9. The molecule has 0 aliphatic heterocycles. The summed E-state index contributed by atoms with van der Waals surface area (Å²) < 4.78 is 63.1. The van der Waals surface area contributed by atoms with Gasteiger partial charge < -0.3 is 15.7 Å². The molecule has 5 N–H and O–H groups in total. The van der Waals surface area contributed by atoms with E-state index in [1.165, 1.54) is 13.2 Å². The van der Waals surface area contributed by atoms with Gasteiger partial charge in [-0.1, -0.05) is 0 Å². The molecule has 2 rings (SSSR count). The van der Waals surface area contributed by atoms with Gasteiger partial charge >= 0.3 is 11.9 Å². The molecule has 168 valence electrons. The van der Waals surface area contributed by atoms with Gasteiger partial charge in [-0.05, 0) is 24.3 Å². The maximum atomic E-state index is 15.5. The number of esters is 1. The molecule has 0 amide bonds. The van der Waals surface area contributed by atoms with Crippen LogP contribution in [0.1, 0.15) is 11.3 Å². The maximum absolute atomic E-state index is 15.5. The molecule has 1 atom stereocenters. The Hall–Kier alpha value is -2.90. The highest BCUT2D eigenvalue weighted by Crippen LogP contribution is 2.46. The second kappa shape index (κ2) is 9.94. The fraction of sp³-hybridized carbons (Fsp3) is 0.278. The van der Waals surface area contributed by atoms with Gasteiger partial charge in [0.2, 0.25) is 0 Å². The van der Waals surface area contributed by atoms with Gasteiger partial charge in [0, 0.05) is 22.7 Å². The van der Waals surface area contributed by atoms with Crippen molar-refractivity contribution in [3.05, 3.63) is 59.4 Å². The molecule has 0 saturated heterocycles. The van der Waals surface area contributed by atoms with Crippen LogP contribution in [0.15, 0.2) is 46.5 Å². The normalized spacial score (nSPS) is 13.8. The minimum Gasteiger partial charge on any atom is -0.468 e. The van der Waals surface area contributed by atoms with E-state index in [4.69, 9.17) is 11.7 Å². The maximum Gasteiger partial charge on any atom is 0.323 e. The second-order valence-electron chi connectivity index (χ2n) is 6.24. The predicted octanol–water partition coefficient (Wildman–Crippen LogP) is 1.68. The summed E-state index contributed by atoms with van der Waals surface area (Å²) in [4.78, 5) is 15.2. The van der Waals surface area contributed by atoms with E-state index >= 15 is 8.78 Å². The number of thioether (sulfide) groups is 1. The van der Waals surface area contributed by atoms with Gasteiger partial charge in [-0.25, -0.2) is 14.6 Å². The summed E-state index contributed by atoms with van der Waals surface area (Å²) in [6.45, 7) is -1.07. The molecule has 31 heavy (non-hydrogen) atoms. The molecular weight excluding hydrogens is 442 g/mol. The largest absolute Gasteiger partial charge is 0.468 e. The highest BCUT2D eigenvalue weighted by Gasteiger charge is 2.58. The number of halogens is 4. The quantitative estimate of drug-likeness (QED) is 0.0979. The van der Waals surface area contributed by atoms with Crippen molar-refractivity contribution in [3.63, 3.8) is 0 Å². The predicted molar refractivity (Wildman–Crippen MR) is 105 cm³/mol. The van der Waals surface area contributed by atoms with Crippen LogP contribution in [0.4, 0.5) is 17.6 Å². The lowest BCUT2D eigenvalue weighted by Gasteiger charge is -2.37. The number of hydrogen-bond donors (Lipinski definition) is 3. The van der Waals surface area contributed by atoms with Crippen LogP contribution >= 0.6 is 11.8 Å². The average Bonchev–Trinajstić information content (AvgIpc) is 2.72. The van der Waals surface area contributed by atoms with E-state index in [2.05, 4.69) is 14.8 Å². The zero-order valence-electron chi connectivity index (χ0n) is 16.1. The van der Waals surface area contributed by atoms with Crippen LogP contribution in [0.3, 0.4) is 0 Å². The number of carbonyl (C=O) groups excluding carboxylic acids is 1. The molecule has 2 aromatic rings. The first-order chi connectivity index (χ1) is 14.5. The third-order valence-electron chi connectivity index (χ3n) is 4.16. The first kappa shape index (κ1) is 24.4. The molecule has 0 spiro atoms. The Morgan fingerprint density at radius 2 is 2.06 bits per heavy atom. The summed E-state index contributed by atoms with van der Waals surface area (Å²) in [5.41, 5.74) is -5.11. The number of ether oxygens (including phenoxy) is 1. The molecule has 1 aromatic heterocycles. The molecule has 1 heterocycles. The Morgan fingerprint density at radius 3 is 2.61 bits per heavy atom. The number of carbonyl (C=O) groups is 1. The highest BCUT2D eigenvalue weighted by molar-refractivity contribution is 8.00. The van der Waals surface area contributed by atoms with E-state index < -0.39 is 46.9 Å². The number of nitrogens with zero attached hydrogens (tertiary/aromatic N) is 3. The number of hydrogen-bond acceptors (Lipinski definition) is 8. The molecule has 0 saturated carbocycles. The lowest BCUT2D eigenvalue weighted by atomic mass is 9.84. The van der Waals surface area contributed by atoms with Gasteiger partial charge in [0.05, 0.1) is 19.4 Å². The van der Waals surface area contributed by atoms with Crippen LogP contribution in [0.25, 0.3) is 0 Å². The lowest BCUT2D eigenvalue weighted by molar-refractivity contribution is -0.203. The first-order valence-electron chi connectivity index (χ1n) is 8.51. The van der Waals surface area contributed by atoms with Crippen molar-refractivity contribution in [3.8, 4) is 0 Å². The summed E-state index contributed by atoms with van der Waals surface area (Å²) in [6.07, 6.45) is 1.79. The molecule has 0 aliphatic carbocycles. The van der Waals surface area contributed by atoms with Gasteiger partial charge in [-0.15, -0.1) is 11.8 Å². The molecule has 0 bridgehead atoms. The highest BCUT2D eigenvalue weighted by atomic mass is 32.2. The molecule has 1 unspecified atom stereocenters. The monoisotopic (exact) mass is 461 g/mol. The molecular formula is C18H19F4N5O3S. The van der Waals surface area contributed by atoms with Crippen molar-refractivity contribution in [1.29, 1.82) is 0 Å². The first-order valence-corrected chi connectivity index (χ1v) is 9.50. The van der Waals surface area contributed by atoms with Gasteiger partial charge in [0.15, 0.2) is 5.60 Å². The van der Waals surface area contributed by atoms with Crippen molar-refractivity contribution in [1.82, 2.24) is 9.99 Å². The van der Waals surface area contributed by atoms with Gasteiger partial charge in [0.25, 0.3) is 0 Å². The number of aromatic nitrogens is 1. The second-order valence-corrected chi connectivity index (χ2v) is 7.29.